The van der Waals surface area contributed by atoms with E-state index in [1.807, 2.05) is 49.5 Å². The topological polar surface area (TPSA) is 177 Å². The number of benzene rings is 3. The summed E-state index contributed by atoms with van der Waals surface area (Å²) < 4.78 is 20.8. The molecule has 3 aliphatic rings. The molecule has 0 spiro atoms. The average Bonchev–Trinajstić information content (AvgIpc) is 3.70. The SMILES string of the molecule is COc1ccc(F)cc1C(=O)NCc1ccc(-c2nn(-c3ccc(C4CCN(CC5CCN(c6ccc(N7CCC(=O)NC7=O)c(C)c6)CC5)CC4)nc3)c3ncnc(N)c23)cc1. The Morgan fingerprint density at radius 2 is 1.68 bits per heavy atom. The number of aryl methyl sites for hydroxylation is 1. The molecular weight excluding hydrogens is 802 g/mol. The molecule has 324 valence electrons. The smallest absolute Gasteiger partial charge is 0.328 e. The van der Waals surface area contributed by atoms with E-state index >= 15 is 0 Å². The van der Waals surface area contributed by atoms with Crippen molar-refractivity contribution in [2.75, 3.05) is 61.9 Å². The molecule has 4 N–H and O–H groups in total. The summed E-state index contributed by atoms with van der Waals surface area (Å²) in [4.78, 5) is 57.3. The van der Waals surface area contributed by atoms with Crippen LogP contribution >= 0.6 is 0 Å². The van der Waals surface area contributed by atoms with E-state index in [4.69, 9.17) is 20.6 Å². The van der Waals surface area contributed by atoms with Crippen molar-refractivity contribution >= 4 is 46.1 Å². The second kappa shape index (κ2) is 17.8. The minimum Gasteiger partial charge on any atom is -0.496 e. The number of piperidine rings is 2. The highest BCUT2D eigenvalue weighted by Gasteiger charge is 2.29. The number of carbonyl (C=O) groups excluding carboxylic acids is 3. The number of nitrogens with two attached hydrogens (primary N) is 1. The quantitative estimate of drug-likeness (QED) is 0.132. The lowest BCUT2D eigenvalue weighted by atomic mass is 9.90. The zero-order valence-corrected chi connectivity index (χ0v) is 35.4. The van der Waals surface area contributed by atoms with Gasteiger partial charge in [0, 0.05) is 67.7 Å². The van der Waals surface area contributed by atoms with Gasteiger partial charge in [-0.1, -0.05) is 24.3 Å². The molecule has 6 heterocycles. The molecule has 9 rings (SSSR count). The Hall–Kier alpha value is -6.94. The van der Waals surface area contributed by atoms with E-state index in [1.165, 1.54) is 31.3 Å². The van der Waals surface area contributed by atoms with Crippen molar-refractivity contribution in [3.8, 4) is 22.7 Å². The number of nitrogen functional groups attached to an aromatic ring is 1. The summed E-state index contributed by atoms with van der Waals surface area (Å²) in [6.07, 6.45) is 7.98. The van der Waals surface area contributed by atoms with E-state index in [-0.39, 0.29) is 24.0 Å². The van der Waals surface area contributed by atoms with E-state index < -0.39 is 11.7 Å². The minimum absolute atomic E-state index is 0.124. The predicted octanol–water partition coefficient (Wildman–Crippen LogP) is 6.39. The molecule has 0 unspecified atom stereocenters. The van der Waals surface area contributed by atoms with Crippen LogP contribution in [0.4, 0.5) is 26.4 Å². The van der Waals surface area contributed by atoms with Crippen LogP contribution in [-0.2, 0) is 11.3 Å². The number of rotatable bonds is 11. The highest BCUT2D eigenvalue weighted by molar-refractivity contribution is 6.06. The van der Waals surface area contributed by atoms with Gasteiger partial charge in [-0.15, -0.1) is 0 Å². The van der Waals surface area contributed by atoms with Crippen molar-refractivity contribution in [3.63, 3.8) is 0 Å². The summed E-state index contributed by atoms with van der Waals surface area (Å²) in [5.74, 6) is 0.454. The first-order valence-electron chi connectivity index (χ1n) is 21.5. The van der Waals surface area contributed by atoms with Gasteiger partial charge in [0.05, 0.1) is 29.9 Å². The molecule has 3 aliphatic heterocycles. The summed E-state index contributed by atoms with van der Waals surface area (Å²) >= 11 is 0. The third-order valence-corrected chi connectivity index (χ3v) is 12.6. The summed E-state index contributed by atoms with van der Waals surface area (Å²) in [5, 5.41) is 10.8. The molecule has 0 bridgehead atoms. The number of carbonyl (C=O) groups is 3. The molecule has 0 atom stereocenters. The molecule has 0 radical (unpaired) electrons. The minimum atomic E-state index is -0.519. The first-order valence-corrected chi connectivity index (χ1v) is 21.5. The van der Waals surface area contributed by atoms with Crippen LogP contribution in [0.5, 0.6) is 5.75 Å². The van der Waals surface area contributed by atoms with Crippen LogP contribution in [0.3, 0.4) is 0 Å². The third-order valence-electron chi connectivity index (χ3n) is 12.6. The van der Waals surface area contributed by atoms with E-state index in [0.717, 1.165) is 98.2 Å². The van der Waals surface area contributed by atoms with Crippen LogP contribution in [0, 0.1) is 18.7 Å². The van der Waals surface area contributed by atoms with E-state index in [1.54, 1.807) is 9.58 Å². The standard InChI is InChI=1S/C47H50FN11O4/c1-29-23-35(9-11-39(29)58-22-17-41(60)54-47(58)62)57-20-13-31(14-21-57)27-56-18-15-32(16-19-56)38-10-8-36(26-50-38)59-45-42(44(49)52-28-53-45)43(55-59)33-5-3-30(4-6-33)25-51-46(61)37-24-34(48)7-12-40(37)63-2/h3-12,23-24,26,28,31-32H,13-22,25,27H2,1-2H3,(H,51,61)(H2,49,52,53)(H,54,60,62). The van der Waals surface area contributed by atoms with Gasteiger partial charge in [0.25, 0.3) is 5.91 Å². The maximum atomic E-state index is 13.8. The fraction of sp³-hybridized carbons (Fsp3) is 0.340. The highest BCUT2D eigenvalue weighted by Crippen LogP contribution is 2.34. The fourth-order valence-electron chi connectivity index (χ4n) is 9.12. The van der Waals surface area contributed by atoms with E-state index in [0.29, 0.717) is 53.1 Å². The Kier molecular flexibility index (Phi) is 11.7. The Morgan fingerprint density at radius 3 is 2.40 bits per heavy atom. The number of hydrogen-bond donors (Lipinski definition) is 3. The number of imide groups is 1. The van der Waals surface area contributed by atoms with Crippen molar-refractivity contribution in [2.45, 2.75) is 51.5 Å². The molecule has 0 aliphatic carbocycles. The number of ether oxygens (including phenoxy) is 1. The van der Waals surface area contributed by atoms with Crippen LogP contribution in [0.2, 0.25) is 0 Å². The van der Waals surface area contributed by atoms with Gasteiger partial charge in [-0.25, -0.2) is 23.8 Å². The maximum Gasteiger partial charge on any atom is 0.328 e. The molecule has 15 nitrogen and oxygen atoms in total. The average molecular weight is 852 g/mol. The van der Waals surface area contributed by atoms with Crippen LogP contribution in [0.25, 0.3) is 28.0 Å². The van der Waals surface area contributed by atoms with Gasteiger partial charge in [-0.3, -0.25) is 24.8 Å². The number of nitrogens with one attached hydrogen (secondary N) is 2. The van der Waals surface area contributed by atoms with E-state index in [9.17, 15) is 18.8 Å². The van der Waals surface area contributed by atoms with Crippen molar-refractivity contribution in [3.05, 3.63) is 114 Å². The molecule has 3 aromatic heterocycles. The van der Waals surface area contributed by atoms with Gasteiger partial charge in [0.2, 0.25) is 5.91 Å². The molecule has 6 aromatic rings. The van der Waals surface area contributed by atoms with Gasteiger partial charge in [-0.05, 0) is 111 Å². The van der Waals surface area contributed by atoms with Gasteiger partial charge < -0.3 is 25.6 Å². The number of nitrogens with zero attached hydrogens (tertiary/aromatic N) is 8. The number of fused-ring (bicyclic) bond motifs is 1. The molecule has 0 saturated carbocycles. The van der Waals surface area contributed by atoms with E-state index in [2.05, 4.69) is 48.6 Å². The summed E-state index contributed by atoms with van der Waals surface area (Å²) in [7, 11) is 1.44. The normalized spacial score (nSPS) is 16.7. The molecular formula is C47H50FN11O4. The Balaban J connectivity index is 0.788. The first-order chi connectivity index (χ1) is 30.6. The molecule has 3 aromatic carbocycles. The number of aromatic nitrogens is 5. The lowest BCUT2D eigenvalue weighted by Crippen LogP contribution is -2.49. The van der Waals surface area contributed by atoms with Crippen LogP contribution in [-0.4, -0.2) is 93.9 Å². The van der Waals surface area contributed by atoms with Crippen LogP contribution < -0.4 is 30.9 Å². The lowest BCUT2D eigenvalue weighted by molar-refractivity contribution is -0.120. The summed E-state index contributed by atoms with van der Waals surface area (Å²) in [6, 6.07) is 21.5. The molecule has 4 amide bonds. The number of methoxy groups -OCH3 is 1. The molecule has 63 heavy (non-hydrogen) atoms. The summed E-state index contributed by atoms with van der Waals surface area (Å²) in [6.45, 7) is 7.86. The van der Waals surface area contributed by atoms with Crippen molar-refractivity contribution in [2.24, 2.45) is 5.92 Å². The molecule has 16 heteroatoms. The van der Waals surface area contributed by atoms with Gasteiger partial charge in [0.15, 0.2) is 5.65 Å². The second-order valence-electron chi connectivity index (χ2n) is 16.6. The Bertz CT molecular complexity index is 2660. The molecule has 3 saturated heterocycles. The summed E-state index contributed by atoms with van der Waals surface area (Å²) in [5.41, 5.74) is 14.3. The van der Waals surface area contributed by atoms with Crippen LogP contribution in [0.1, 0.15) is 65.2 Å². The Labute approximate surface area is 364 Å². The van der Waals surface area contributed by atoms with Gasteiger partial charge >= 0.3 is 6.03 Å². The highest BCUT2D eigenvalue weighted by atomic mass is 19.1. The lowest BCUT2D eigenvalue weighted by Gasteiger charge is -2.38. The zero-order valence-electron chi connectivity index (χ0n) is 35.4. The number of likely N-dealkylation sites (tertiary alicyclic amines) is 1. The van der Waals surface area contributed by atoms with Gasteiger partial charge in [-0.2, -0.15) is 5.10 Å². The number of hydrogen-bond acceptors (Lipinski definition) is 11. The second-order valence-corrected chi connectivity index (χ2v) is 16.6. The van der Waals surface area contributed by atoms with Gasteiger partial charge in [0.1, 0.15) is 29.4 Å². The largest absolute Gasteiger partial charge is 0.496 e. The van der Waals surface area contributed by atoms with Crippen LogP contribution in [0.15, 0.2) is 85.3 Å². The third kappa shape index (κ3) is 8.76. The zero-order chi connectivity index (χ0) is 43.6. The predicted molar refractivity (Wildman–Crippen MR) is 238 cm³/mol. The number of halogens is 1. The number of urea groups is 1. The van der Waals surface area contributed by atoms with Crippen molar-refractivity contribution in [1.82, 2.24) is 40.3 Å². The Morgan fingerprint density at radius 1 is 0.905 bits per heavy atom. The maximum absolute atomic E-state index is 13.8. The number of amides is 4. The molecule has 3 fully saturated rings. The van der Waals surface area contributed by atoms with Crippen molar-refractivity contribution < 1.29 is 23.5 Å². The fourth-order valence-corrected chi connectivity index (χ4v) is 9.12. The number of pyridine rings is 1. The first kappa shape index (κ1) is 41.4. The number of anilines is 3. The van der Waals surface area contributed by atoms with Crippen molar-refractivity contribution in [1.29, 1.82) is 0 Å². The monoisotopic (exact) mass is 851 g/mol.